The molecule has 4 nitrogen and oxygen atoms in total. The number of hydrogen-bond donors (Lipinski definition) is 2. The number of halogens is 1. The number of aliphatic hydroxyl groups excluding tert-OH is 1. The molecule has 3 N–H and O–H groups in total. The van der Waals surface area contributed by atoms with E-state index >= 15 is 0 Å². The van der Waals surface area contributed by atoms with Gasteiger partial charge in [-0.15, -0.1) is 0 Å². The Morgan fingerprint density at radius 1 is 1.26 bits per heavy atom. The summed E-state index contributed by atoms with van der Waals surface area (Å²) in [4.78, 5) is 11.8. The first-order valence-corrected chi connectivity index (χ1v) is 8.42. The molecule has 0 spiro atoms. The number of rotatable bonds is 7. The molecule has 23 heavy (non-hydrogen) atoms. The summed E-state index contributed by atoms with van der Waals surface area (Å²) in [6, 6.07) is 9.65. The van der Waals surface area contributed by atoms with Gasteiger partial charge in [-0.1, -0.05) is 36.8 Å². The highest BCUT2D eigenvalue weighted by molar-refractivity contribution is 5.69. The highest BCUT2D eigenvalue weighted by atomic mass is 35.5. The Balaban J connectivity index is 0.00000264. The van der Waals surface area contributed by atoms with E-state index < -0.39 is 6.10 Å². The van der Waals surface area contributed by atoms with Crippen molar-refractivity contribution in [3.05, 3.63) is 35.9 Å². The number of carbonyl (C=O) groups is 1. The molecule has 0 saturated heterocycles. The van der Waals surface area contributed by atoms with Crippen LogP contribution in [-0.4, -0.2) is 29.8 Å². The molecule has 1 aliphatic rings. The molecule has 2 unspecified atom stereocenters. The van der Waals surface area contributed by atoms with Crippen LogP contribution in [0.5, 0.6) is 0 Å². The lowest BCUT2D eigenvalue weighted by Crippen LogP contribution is -3.00. The molecule has 1 fully saturated rings. The lowest BCUT2D eigenvalue weighted by molar-refractivity contribution is -0.693. The van der Waals surface area contributed by atoms with Gasteiger partial charge in [0.2, 0.25) is 0 Å². The Morgan fingerprint density at radius 2 is 1.91 bits per heavy atom. The number of esters is 1. The molecule has 130 valence electrons. The average molecular weight is 342 g/mol. The number of benzene rings is 1. The van der Waals surface area contributed by atoms with Crippen molar-refractivity contribution in [1.29, 1.82) is 0 Å². The highest BCUT2D eigenvalue weighted by Crippen LogP contribution is 2.20. The largest absolute Gasteiger partial charge is 1.00 e. The molecule has 0 aliphatic heterocycles. The Labute approximate surface area is 145 Å². The van der Waals surface area contributed by atoms with Crippen LogP contribution >= 0.6 is 0 Å². The number of ether oxygens (including phenoxy) is 1. The third kappa shape index (κ3) is 6.90. The van der Waals surface area contributed by atoms with Crippen molar-refractivity contribution in [3.63, 3.8) is 0 Å². The molecule has 1 aromatic rings. The summed E-state index contributed by atoms with van der Waals surface area (Å²) in [6.07, 6.45) is 5.65. The molecule has 1 aliphatic carbocycles. The van der Waals surface area contributed by atoms with Crippen LogP contribution in [0.15, 0.2) is 30.3 Å². The van der Waals surface area contributed by atoms with Crippen molar-refractivity contribution in [2.24, 2.45) is 0 Å². The molecule has 0 aromatic heterocycles. The zero-order valence-corrected chi connectivity index (χ0v) is 14.5. The second-order valence-corrected chi connectivity index (χ2v) is 6.24. The Hall–Kier alpha value is -1.10. The number of carbonyl (C=O) groups excluding carboxylic acids is 1. The van der Waals surface area contributed by atoms with Gasteiger partial charge in [-0.05, 0) is 38.2 Å². The van der Waals surface area contributed by atoms with Crippen LogP contribution in [0.1, 0.15) is 57.1 Å². The standard InChI is InChI=1S/C18H27NO3.ClH/c1-14(18(21)15-8-4-2-5-9-15)19-13-12-17(20)22-16-10-6-3-7-11-16;/h2,4-5,8-9,14,16,18-19,21H,3,6-7,10-13H2,1H3;1H. The summed E-state index contributed by atoms with van der Waals surface area (Å²) in [5.74, 6) is -0.107. The monoisotopic (exact) mass is 341 g/mol. The number of hydrogen-bond acceptors (Lipinski definition) is 3. The molecule has 1 aromatic carbocycles. The second-order valence-electron chi connectivity index (χ2n) is 6.24. The van der Waals surface area contributed by atoms with Crippen LogP contribution in [0.2, 0.25) is 0 Å². The number of quaternary nitrogens is 1. The Morgan fingerprint density at radius 3 is 2.57 bits per heavy atom. The number of aliphatic hydroxyl groups is 1. The SMILES string of the molecule is CC([NH2+]CCC(=O)OC1CCCCC1)C(O)c1ccccc1.[Cl-]. The predicted octanol–water partition coefficient (Wildman–Crippen LogP) is -1.06. The van der Waals surface area contributed by atoms with E-state index in [1.165, 1.54) is 19.3 Å². The van der Waals surface area contributed by atoms with Crippen LogP contribution in [-0.2, 0) is 9.53 Å². The third-order valence-electron chi connectivity index (χ3n) is 4.38. The molecule has 1 saturated carbocycles. The van der Waals surface area contributed by atoms with E-state index in [9.17, 15) is 9.90 Å². The molecule has 2 atom stereocenters. The van der Waals surface area contributed by atoms with E-state index in [0.717, 1.165) is 18.4 Å². The quantitative estimate of drug-likeness (QED) is 0.622. The van der Waals surface area contributed by atoms with E-state index in [1.807, 2.05) is 42.6 Å². The first kappa shape index (κ1) is 19.9. The summed E-state index contributed by atoms with van der Waals surface area (Å²) in [5.41, 5.74) is 0.913. The predicted molar refractivity (Wildman–Crippen MR) is 85.2 cm³/mol. The Bertz CT molecular complexity index is 449. The van der Waals surface area contributed by atoms with Crippen molar-refractivity contribution in [2.45, 2.75) is 63.7 Å². The van der Waals surface area contributed by atoms with Crippen molar-refractivity contribution in [2.75, 3.05) is 6.54 Å². The van der Waals surface area contributed by atoms with Gasteiger partial charge in [0, 0.05) is 0 Å². The van der Waals surface area contributed by atoms with Crippen LogP contribution in [0, 0.1) is 0 Å². The van der Waals surface area contributed by atoms with Crippen LogP contribution in [0.4, 0.5) is 0 Å². The fraction of sp³-hybridized carbons (Fsp3) is 0.611. The van der Waals surface area contributed by atoms with E-state index in [0.29, 0.717) is 13.0 Å². The van der Waals surface area contributed by atoms with Gasteiger partial charge in [0.15, 0.2) is 0 Å². The van der Waals surface area contributed by atoms with E-state index in [4.69, 9.17) is 4.74 Å². The minimum atomic E-state index is -0.518. The minimum absolute atomic E-state index is 0. The van der Waals surface area contributed by atoms with Gasteiger partial charge in [0.1, 0.15) is 18.2 Å². The molecule has 5 heteroatoms. The van der Waals surface area contributed by atoms with Gasteiger partial charge in [-0.2, -0.15) is 0 Å². The molecule has 0 radical (unpaired) electrons. The normalized spacial score (nSPS) is 17.8. The van der Waals surface area contributed by atoms with Crippen molar-refractivity contribution < 1.29 is 32.4 Å². The second kappa shape index (κ2) is 10.6. The van der Waals surface area contributed by atoms with E-state index in [2.05, 4.69) is 0 Å². The lowest BCUT2D eigenvalue weighted by Gasteiger charge is -2.22. The van der Waals surface area contributed by atoms with Gasteiger partial charge >= 0.3 is 5.97 Å². The van der Waals surface area contributed by atoms with Gasteiger partial charge in [0.05, 0.1) is 13.0 Å². The summed E-state index contributed by atoms with van der Waals surface area (Å²) in [5, 5.41) is 12.3. The lowest BCUT2D eigenvalue weighted by atomic mass is 9.98. The zero-order valence-electron chi connectivity index (χ0n) is 13.8. The molecule has 0 amide bonds. The van der Waals surface area contributed by atoms with Crippen molar-refractivity contribution in [1.82, 2.24) is 0 Å². The molecule has 0 heterocycles. The summed E-state index contributed by atoms with van der Waals surface area (Å²) in [7, 11) is 0. The Kier molecular flexibility index (Phi) is 9.22. The van der Waals surface area contributed by atoms with Gasteiger partial charge < -0.3 is 27.6 Å². The average Bonchev–Trinajstić information content (AvgIpc) is 2.55. The zero-order chi connectivity index (χ0) is 15.8. The van der Waals surface area contributed by atoms with E-state index in [1.54, 1.807) is 0 Å². The molecular weight excluding hydrogens is 314 g/mol. The van der Waals surface area contributed by atoms with Crippen molar-refractivity contribution >= 4 is 5.97 Å². The fourth-order valence-corrected chi connectivity index (χ4v) is 2.97. The van der Waals surface area contributed by atoms with Crippen LogP contribution < -0.4 is 17.7 Å². The van der Waals surface area contributed by atoms with E-state index in [-0.39, 0.29) is 30.5 Å². The van der Waals surface area contributed by atoms with Gasteiger partial charge in [0.25, 0.3) is 0 Å². The first-order chi connectivity index (χ1) is 10.7. The maximum atomic E-state index is 11.8. The fourth-order valence-electron chi connectivity index (χ4n) is 2.97. The minimum Gasteiger partial charge on any atom is -1.00 e. The smallest absolute Gasteiger partial charge is 0.311 e. The van der Waals surface area contributed by atoms with Gasteiger partial charge in [-0.3, -0.25) is 4.79 Å². The maximum absolute atomic E-state index is 11.8. The molecule has 2 rings (SSSR count). The topological polar surface area (TPSA) is 63.1 Å². The van der Waals surface area contributed by atoms with Crippen LogP contribution in [0.3, 0.4) is 0 Å². The van der Waals surface area contributed by atoms with Crippen LogP contribution in [0.25, 0.3) is 0 Å². The third-order valence-corrected chi connectivity index (χ3v) is 4.38. The summed E-state index contributed by atoms with van der Waals surface area (Å²) >= 11 is 0. The summed E-state index contributed by atoms with van der Waals surface area (Å²) in [6.45, 7) is 2.63. The molecular formula is C18H28ClNO3. The number of nitrogens with two attached hydrogens (primary N) is 1. The highest BCUT2D eigenvalue weighted by Gasteiger charge is 2.21. The molecule has 0 bridgehead atoms. The maximum Gasteiger partial charge on any atom is 0.311 e. The first-order valence-electron chi connectivity index (χ1n) is 8.42. The summed E-state index contributed by atoms with van der Waals surface area (Å²) < 4.78 is 5.50. The van der Waals surface area contributed by atoms with Crippen molar-refractivity contribution in [3.8, 4) is 0 Å². The van der Waals surface area contributed by atoms with Gasteiger partial charge in [-0.25, -0.2) is 0 Å².